The first-order valence-electron chi connectivity index (χ1n) is 17.3. The van der Waals surface area contributed by atoms with Crippen molar-refractivity contribution >= 4 is 35.0 Å². The van der Waals surface area contributed by atoms with Gasteiger partial charge < -0.3 is 15.3 Å². The van der Waals surface area contributed by atoms with Crippen LogP contribution in [0.5, 0.6) is 0 Å². The molecule has 3 N–H and O–H groups in total. The summed E-state index contributed by atoms with van der Waals surface area (Å²) in [6.45, 7) is 4.98. The number of nitriles is 1. The largest absolute Gasteiger partial charge is 0.369 e. The number of rotatable bonds is 5. The third-order valence-electron chi connectivity index (χ3n) is 11.0. The number of anilines is 2. The second kappa shape index (κ2) is 11.9. The van der Waals surface area contributed by atoms with Crippen molar-refractivity contribution in [2.45, 2.75) is 83.0 Å². The predicted molar refractivity (Wildman–Crippen MR) is 182 cm³/mol. The molecule has 2 saturated heterocycles. The number of nitrogens with zero attached hydrogens (tertiary/aromatic N) is 5. The highest BCUT2D eigenvalue weighted by atomic mass is 16.3. The smallest absolute Gasteiger partial charge is 0.257 e. The lowest BCUT2D eigenvalue weighted by Crippen LogP contribution is -2.53. The topological polar surface area (TPSA) is 161 Å². The molecule has 12 heteroatoms. The second-order valence-electron chi connectivity index (χ2n) is 14.4. The van der Waals surface area contributed by atoms with Crippen LogP contribution in [0.25, 0.3) is 0 Å². The standard InChI is InChI=1S/C38H37N7O5/c1-38(2,37(50)42-33-26-7-3-5-24(26)30(16-39)25-6-4-8-27(25)33)44-20-21(17-40-44)9-10-22-18-43(19-22)23-11-12-28-29(15-23)36(49)45(35(28)48)31-13-14-32(46)41-34(31)47/h11-12,15,17,20,22,31,35,48H,3-8,13-14,18-19H2,1-2H3,(H,42,50)(H,41,46,47). The van der Waals surface area contributed by atoms with Gasteiger partial charge in [0.15, 0.2) is 6.23 Å². The molecule has 1 aromatic heterocycles. The van der Waals surface area contributed by atoms with Crippen molar-refractivity contribution in [3.63, 3.8) is 0 Å². The van der Waals surface area contributed by atoms with Gasteiger partial charge in [0, 0.05) is 48.2 Å². The van der Waals surface area contributed by atoms with Crippen LogP contribution in [-0.2, 0) is 45.6 Å². The summed E-state index contributed by atoms with van der Waals surface area (Å²) in [7, 11) is 0. The fourth-order valence-corrected chi connectivity index (χ4v) is 8.08. The molecule has 2 fully saturated rings. The summed E-state index contributed by atoms with van der Waals surface area (Å²) < 4.78 is 1.65. The van der Waals surface area contributed by atoms with Gasteiger partial charge >= 0.3 is 0 Å². The molecule has 0 spiro atoms. The van der Waals surface area contributed by atoms with Crippen LogP contribution in [0.1, 0.15) is 95.1 Å². The van der Waals surface area contributed by atoms with Crippen molar-refractivity contribution in [2.75, 3.05) is 23.3 Å². The van der Waals surface area contributed by atoms with E-state index < -0.39 is 29.6 Å². The summed E-state index contributed by atoms with van der Waals surface area (Å²) in [5, 5.41) is 30.8. The predicted octanol–water partition coefficient (Wildman–Crippen LogP) is 2.85. The van der Waals surface area contributed by atoms with Gasteiger partial charge in [-0.05, 0) is 93.2 Å². The highest BCUT2D eigenvalue weighted by molar-refractivity contribution is 6.06. The molecule has 0 bridgehead atoms. The Bertz CT molecular complexity index is 2070. The Balaban J connectivity index is 0.917. The van der Waals surface area contributed by atoms with Crippen molar-refractivity contribution in [1.29, 1.82) is 5.26 Å². The Kier molecular flexibility index (Phi) is 7.53. The molecular weight excluding hydrogens is 634 g/mol. The number of hydrogen-bond acceptors (Lipinski definition) is 8. The van der Waals surface area contributed by atoms with Gasteiger partial charge in [0.25, 0.3) is 11.8 Å². The SMILES string of the molecule is CC(C)(C(=O)Nc1c2c(c(C#N)c3c1CCC3)CCC2)n1cc(C#CC2CN(c3ccc4c(c3)C(=O)N(C3CCC(=O)NC3=O)C4O)C2)cn1. The van der Waals surface area contributed by atoms with Crippen LogP contribution in [0.3, 0.4) is 0 Å². The van der Waals surface area contributed by atoms with E-state index in [2.05, 4.69) is 38.5 Å². The third kappa shape index (κ3) is 5.05. The monoisotopic (exact) mass is 671 g/mol. The van der Waals surface area contributed by atoms with Gasteiger partial charge in [-0.15, -0.1) is 0 Å². The van der Waals surface area contributed by atoms with Gasteiger partial charge in [-0.3, -0.25) is 34.1 Å². The molecule has 50 heavy (non-hydrogen) atoms. The first kappa shape index (κ1) is 31.8. The average molecular weight is 672 g/mol. The Labute approximate surface area is 289 Å². The van der Waals surface area contributed by atoms with E-state index in [9.17, 15) is 29.5 Å². The van der Waals surface area contributed by atoms with Gasteiger partial charge in [-0.1, -0.05) is 17.9 Å². The summed E-state index contributed by atoms with van der Waals surface area (Å²) in [5.74, 6) is 5.05. The van der Waals surface area contributed by atoms with Crippen molar-refractivity contribution in [3.05, 3.63) is 75.1 Å². The fraction of sp³-hybridized carbons (Fsp3) is 0.421. The van der Waals surface area contributed by atoms with Crippen LogP contribution >= 0.6 is 0 Å². The van der Waals surface area contributed by atoms with E-state index in [4.69, 9.17) is 0 Å². The molecule has 2 aromatic carbocycles. The highest BCUT2D eigenvalue weighted by Crippen LogP contribution is 2.42. The molecule has 4 amide bonds. The molecule has 2 aliphatic carbocycles. The summed E-state index contributed by atoms with van der Waals surface area (Å²) in [4.78, 5) is 54.3. The lowest BCUT2D eigenvalue weighted by atomic mass is 9.92. The van der Waals surface area contributed by atoms with Crippen LogP contribution in [-0.4, -0.2) is 62.5 Å². The number of amides is 4. The van der Waals surface area contributed by atoms with E-state index in [0.717, 1.165) is 82.6 Å². The number of imide groups is 1. The lowest BCUT2D eigenvalue weighted by Gasteiger charge is -2.38. The third-order valence-corrected chi connectivity index (χ3v) is 11.0. The van der Waals surface area contributed by atoms with Crippen LogP contribution < -0.4 is 15.5 Å². The van der Waals surface area contributed by atoms with E-state index >= 15 is 0 Å². The van der Waals surface area contributed by atoms with Crippen LogP contribution in [0, 0.1) is 29.1 Å². The maximum absolute atomic E-state index is 13.8. The molecule has 0 saturated carbocycles. The number of aromatic nitrogens is 2. The Hall–Kier alpha value is -5.46. The molecule has 8 rings (SSSR count). The van der Waals surface area contributed by atoms with Gasteiger partial charge in [0.2, 0.25) is 11.8 Å². The van der Waals surface area contributed by atoms with Gasteiger partial charge in [-0.25, -0.2) is 0 Å². The molecule has 0 radical (unpaired) electrons. The zero-order chi connectivity index (χ0) is 34.9. The molecule has 3 aliphatic heterocycles. The molecule has 254 valence electrons. The van der Waals surface area contributed by atoms with Crippen LogP contribution in [0.15, 0.2) is 30.6 Å². The summed E-state index contributed by atoms with van der Waals surface area (Å²) in [5.41, 5.74) is 7.51. The minimum Gasteiger partial charge on any atom is -0.369 e. The second-order valence-corrected chi connectivity index (χ2v) is 14.4. The number of carbonyl (C=O) groups excluding carboxylic acids is 4. The number of aliphatic hydroxyl groups is 1. The molecule has 4 heterocycles. The number of carbonyl (C=O) groups is 4. The lowest BCUT2D eigenvalue weighted by molar-refractivity contribution is -0.139. The normalized spacial score (nSPS) is 21.1. The molecule has 2 unspecified atom stereocenters. The van der Waals surface area contributed by atoms with E-state index in [-0.39, 0.29) is 30.6 Å². The molecule has 3 aromatic rings. The van der Waals surface area contributed by atoms with E-state index in [1.54, 1.807) is 29.2 Å². The van der Waals surface area contributed by atoms with Crippen molar-refractivity contribution in [1.82, 2.24) is 20.0 Å². The Morgan fingerprint density at radius 1 is 1.04 bits per heavy atom. The number of nitrogens with one attached hydrogen (secondary N) is 2. The van der Waals surface area contributed by atoms with Gasteiger partial charge in [-0.2, -0.15) is 10.4 Å². The minimum absolute atomic E-state index is 0.0877. The molecular formula is C38H37N7O5. The number of benzene rings is 2. The summed E-state index contributed by atoms with van der Waals surface area (Å²) in [6.07, 6.45) is 7.95. The Morgan fingerprint density at radius 3 is 2.42 bits per heavy atom. The van der Waals surface area contributed by atoms with E-state index in [0.29, 0.717) is 29.8 Å². The van der Waals surface area contributed by atoms with Crippen LogP contribution in [0.4, 0.5) is 11.4 Å². The number of fused-ring (bicyclic) bond motifs is 3. The quantitative estimate of drug-likeness (QED) is 0.276. The summed E-state index contributed by atoms with van der Waals surface area (Å²) in [6, 6.07) is 6.86. The Morgan fingerprint density at radius 2 is 1.74 bits per heavy atom. The zero-order valence-corrected chi connectivity index (χ0v) is 28.0. The van der Waals surface area contributed by atoms with Crippen molar-refractivity contribution < 1.29 is 24.3 Å². The average Bonchev–Trinajstić information content (AvgIpc) is 3.89. The highest BCUT2D eigenvalue weighted by Gasteiger charge is 2.45. The first-order chi connectivity index (χ1) is 24.0. The van der Waals surface area contributed by atoms with E-state index in [1.807, 2.05) is 19.9 Å². The number of piperidine rings is 1. The molecule has 5 aliphatic rings. The van der Waals surface area contributed by atoms with Crippen LogP contribution in [0.2, 0.25) is 0 Å². The van der Waals surface area contributed by atoms with Crippen molar-refractivity contribution in [3.8, 4) is 17.9 Å². The number of hydrogen-bond donors (Lipinski definition) is 3. The molecule has 12 nitrogen and oxygen atoms in total. The number of aliphatic hydroxyl groups excluding tert-OH is 1. The minimum atomic E-state index is -1.25. The van der Waals surface area contributed by atoms with E-state index in [1.165, 1.54) is 0 Å². The zero-order valence-electron chi connectivity index (χ0n) is 28.0. The van der Waals surface area contributed by atoms with Crippen molar-refractivity contribution in [2.24, 2.45) is 5.92 Å². The van der Waals surface area contributed by atoms with Gasteiger partial charge in [0.1, 0.15) is 11.6 Å². The summed E-state index contributed by atoms with van der Waals surface area (Å²) >= 11 is 0. The fourth-order valence-electron chi connectivity index (χ4n) is 8.08. The molecule has 2 atom stereocenters. The maximum Gasteiger partial charge on any atom is 0.257 e. The first-order valence-corrected chi connectivity index (χ1v) is 17.3. The maximum atomic E-state index is 13.8. The van der Waals surface area contributed by atoms with Gasteiger partial charge in [0.05, 0.1) is 29.3 Å².